The standard InChI is InChI=1S/C22H20ClIN4O2S.H3N/c23-14-1-4-21-16(11-14)17-13-27(6-5-19(17)28(24)31-21)15-2-3-20-18(12-15)25-22(30-20)26-7-9-29-10-8-26;/h1-4,11-12H,5-10,13H2;1H3. The van der Waals surface area contributed by atoms with Crippen molar-refractivity contribution in [1.82, 2.24) is 13.7 Å². The van der Waals surface area contributed by atoms with Crippen LogP contribution in [0.4, 0.5) is 11.7 Å². The van der Waals surface area contributed by atoms with Crippen LogP contribution in [-0.2, 0) is 4.74 Å². The zero-order chi connectivity index (χ0) is 20.9. The lowest BCUT2D eigenvalue weighted by Crippen LogP contribution is -2.36. The maximum atomic E-state index is 6.34. The number of morpholine rings is 1. The van der Waals surface area contributed by atoms with Crippen molar-refractivity contribution in [1.29, 1.82) is 0 Å². The first-order valence-electron chi connectivity index (χ1n) is 10.3. The van der Waals surface area contributed by atoms with Crippen molar-refractivity contribution < 1.29 is 9.15 Å². The number of ether oxygens (including phenoxy) is 1. The fourth-order valence-corrected chi connectivity index (χ4v) is 6.59. The van der Waals surface area contributed by atoms with Gasteiger partial charge < -0.3 is 25.1 Å². The maximum absolute atomic E-state index is 6.34. The van der Waals surface area contributed by atoms with Gasteiger partial charge in [0.1, 0.15) is 5.52 Å². The van der Waals surface area contributed by atoms with Crippen molar-refractivity contribution in [2.75, 3.05) is 49.2 Å². The molecule has 4 heterocycles. The number of fused-ring (bicyclic) bond motifs is 3. The van der Waals surface area contributed by atoms with E-state index in [0.29, 0.717) is 19.2 Å². The minimum absolute atomic E-state index is 0. The Morgan fingerprint density at radius 1 is 1.03 bits per heavy atom. The Balaban J connectivity index is 0.00000216. The van der Waals surface area contributed by atoms with Crippen LogP contribution in [0.15, 0.2) is 51.4 Å². The molecule has 1 saturated heterocycles. The predicted molar refractivity (Wildman–Crippen MR) is 139 cm³/mol. The number of aromatic nitrogens is 1. The molecule has 3 aliphatic heterocycles. The van der Waals surface area contributed by atoms with E-state index in [1.54, 1.807) is 11.9 Å². The van der Waals surface area contributed by atoms with E-state index in [9.17, 15) is 0 Å². The molecule has 3 N–H and O–H groups in total. The van der Waals surface area contributed by atoms with Crippen molar-refractivity contribution in [3.05, 3.63) is 52.7 Å². The highest BCUT2D eigenvalue weighted by molar-refractivity contribution is 14.1. The van der Waals surface area contributed by atoms with E-state index in [1.807, 2.05) is 12.1 Å². The third-order valence-electron chi connectivity index (χ3n) is 5.98. The van der Waals surface area contributed by atoms with Crippen LogP contribution in [0.5, 0.6) is 0 Å². The quantitative estimate of drug-likeness (QED) is 0.231. The largest absolute Gasteiger partial charge is 0.423 e. The molecule has 0 amide bonds. The molecular weight excluding hydrogens is 561 g/mol. The van der Waals surface area contributed by atoms with Crippen molar-refractivity contribution >= 4 is 74.8 Å². The second-order valence-electron chi connectivity index (χ2n) is 7.82. The fourth-order valence-electron chi connectivity index (χ4n) is 4.36. The maximum Gasteiger partial charge on any atom is 0.298 e. The number of hydrogen-bond donors (Lipinski definition) is 1. The predicted octanol–water partition coefficient (Wildman–Crippen LogP) is 5.77. The molecule has 0 atom stereocenters. The Labute approximate surface area is 209 Å². The molecule has 0 spiro atoms. The first-order valence-corrected chi connectivity index (χ1v) is 12.4. The van der Waals surface area contributed by atoms with E-state index in [0.717, 1.165) is 48.7 Å². The topological polar surface area (TPSA) is 80.0 Å². The molecule has 0 aliphatic carbocycles. The van der Waals surface area contributed by atoms with Gasteiger partial charge in [0, 0.05) is 59.5 Å². The molecule has 0 unspecified atom stereocenters. The molecular formula is C22H23ClIN5O2S. The van der Waals surface area contributed by atoms with Gasteiger partial charge >= 0.3 is 0 Å². The Morgan fingerprint density at radius 3 is 2.72 bits per heavy atom. The van der Waals surface area contributed by atoms with Gasteiger partial charge in [0.25, 0.3) is 6.01 Å². The molecule has 10 heteroatoms. The summed E-state index contributed by atoms with van der Waals surface area (Å²) in [5, 5.41) is 0.782. The lowest BCUT2D eigenvalue weighted by atomic mass is 9.97. The molecule has 1 aromatic heterocycles. The highest BCUT2D eigenvalue weighted by atomic mass is 127. The molecule has 0 saturated carbocycles. The van der Waals surface area contributed by atoms with Crippen molar-refractivity contribution in [2.45, 2.75) is 11.3 Å². The number of hydrogen-bond acceptors (Lipinski definition) is 8. The Morgan fingerprint density at radius 2 is 1.88 bits per heavy atom. The van der Waals surface area contributed by atoms with Gasteiger partial charge in [0.2, 0.25) is 0 Å². The Hall–Kier alpha value is -1.66. The van der Waals surface area contributed by atoms with Crippen LogP contribution >= 0.6 is 46.4 Å². The lowest BCUT2D eigenvalue weighted by molar-refractivity contribution is 0.120. The number of benzene rings is 2. The number of rotatable bonds is 2. The van der Waals surface area contributed by atoms with Crippen LogP contribution in [0.1, 0.15) is 12.0 Å². The van der Waals surface area contributed by atoms with E-state index in [4.69, 9.17) is 25.7 Å². The highest BCUT2D eigenvalue weighted by Gasteiger charge is 2.30. The summed E-state index contributed by atoms with van der Waals surface area (Å²) in [7, 11) is 0. The summed E-state index contributed by atoms with van der Waals surface area (Å²) in [6.07, 6.45) is 0.993. The third kappa shape index (κ3) is 3.94. The molecule has 1 fully saturated rings. The normalized spacial score (nSPS) is 18.5. The van der Waals surface area contributed by atoms with Gasteiger partial charge in [-0.15, -0.1) is 0 Å². The molecule has 0 radical (unpaired) electrons. The van der Waals surface area contributed by atoms with Crippen molar-refractivity contribution in [3.8, 4) is 0 Å². The molecule has 3 aliphatic rings. The molecule has 2 aromatic carbocycles. The van der Waals surface area contributed by atoms with Gasteiger partial charge in [-0.05, 0) is 53.9 Å². The second-order valence-corrected chi connectivity index (χ2v) is 10.9. The summed E-state index contributed by atoms with van der Waals surface area (Å²) in [5.74, 6) is 0. The second kappa shape index (κ2) is 8.94. The van der Waals surface area contributed by atoms with Gasteiger partial charge in [0.15, 0.2) is 5.58 Å². The zero-order valence-electron chi connectivity index (χ0n) is 17.4. The lowest BCUT2D eigenvalue weighted by Gasteiger charge is -2.38. The van der Waals surface area contributed by atoms with E-state index in [2.05, 4.69) is 59.4 Å². The van der Waals surface area contributed by atoms with Crippen LogP contribution in [-0.4, -0.2) is 46.9 Å². The van der Waals surface area contributed by atoms with E-state index >= 15 is 0 Å². The fraction of sp³-hybridized carbons (Fsp3) is 0.318. The number of halogens is 2. The average molecular weight is 584 g/mol. The molecule has 3 aromatic rings. The minimum atomic E-state index is 0. The number of oxazole rings is 1. The molecule has 0 bridgehead atoms. The molecule has 168 valence electrons. The Kier molecular flexibility index (Phi) is 6.19. The van der Waals surface area contributed by atoms with Gasteiger partial charge in [-0.1, -0.05) is 11.6 Å². The van der Waals surface area contributed by atoms with Gasteiger partial charge in [-0.3, -0.25) is 2.52 Å². The van der Waals surface area contributed by atoms with Crippen molar-refractivity contribution in [3.63, 3.8) is 0 Å². The summed E-state index contributed by atoms with van der Waals surface area (Å²) in [4.78, 5) is 10.6. The number of nitrogens with zero attached hydrogens (tertiary/aromatic N) is 4. The zero-order valence-corrected chi connectivity index (χ0v) is 21.1. The first-order chi connectivity index (χ1) is 15.2. The summed E-state index contributed by atoms with van der Waals surface area (Å²) in [5.41, 5.74) is 6.88. The smallest absolute Gasteiger partial charge is 0.298 e. The van der Waals surface area contributed by atoms with Crippen LogP contribution < -0.4 is 16.0 Å². The minimum Gasteiger partial charge on any atom is -0.423 e. The number of anilines is 2. The average Bonchev–Trinajstić information content (AvgIpc) is 3.23. The summed E-state index contributed by atoms with van der Waals surface area (Å²) in [6, 6.07) is 13.2. The van der Waals surface area contributed by atoms with Crippen LogP contribution in [0.25, 0.3) is 16.7 Å². The Bertz CT molecular complexity index is 1200. The molecule has 32 heavy (non-hydrogen) atoms. The first kappa shape index (κ1) is 22.1. The van der Waals surface area contributed by atoms with Gasteiger partial charge in [-0.2, -0.15) is 4.98 Å². The van der Waals surface area contributed by atoms with Crippen LogP contribution in [0.2, 0.25) is 5.02 Å². The van der Waals surface area contributed by atoms with Gasteiger partial charge in [0.05, 0.1) is 36.1 Å². The third-order valence-corrected chi connectivity index (χ3v) is 8.32. The van der Waals surface area contributed by atoms with Crippen molar-refractivity contribution in [2.24, 2.45) is 0 Å². The summed E-state index contributed by atoms with van der Waals surface area (Å²) < 4.78 is 13.7. The molecule has 7 nitrogen and oxygen atoms in total. The van der Waals surface area contributed by atoms with E-state index in [1.165, 1.54) is 27.4 Å². The SMILES string of the molecule is Clc1ccc2c(c1)C1=C(CCN(c3ccc4oc(N5CCOCC5)nc4c3)C1)N(I)S2.N. The summed E-state index contributed by atoms with van der Waals surface area (Å²) >= 11 is 10.5. The van der Waals surface area contributed by atoms with Gasteiger partial charge in [-0.25, -0.2) is 0 Å². The van der Waals surface area contributed by atoms with Crippen LogP contribution in [0, 0.1) is 0 Å². The monoisotopic (exact) mass is 583 g/mol. The van der Waals surface area contributed by atoms with E-state index < -0.39 is 0 Å². The summed E-state index contributed by atoms with van der Waals surface area (Å²) in [6.45, 7) is 4.88. The van der Waals surface area contributed by atoms with E-state index in [-0.39, 0.29) is 6.15 Å². The van der Waals surface area contributed by atoms with Crippen LogP contribution in [0.3, 0.4) is 0 Å². The molecule has 6 rings (SSSR count). The highest BCUT2D eigenvalue weighted by Crippen LogP contribution is 2.47.